The third-order valence-corrected chi connectivity index (χ3v) is 2.85. The smallest absolute Gasteiger partial charge is 0.337 e. The zero-order valence-electron chi connectivity index (χ0n) is 11.1. The Morgan fingerprint density at radius 3 is 2.86 bits per heavy atom. The number of hydrogen-bond acceptors (Lipinski definition) is 6. The zero-order chi connectivity index (χ0) is 15.4. The van der Waals surface area contributed by atoms with Crippen molar-refractivity contribution in [1.82, 2.24) is 9.97 Å². The quantitative estimate of drug-likeness (QED) is 0.638. The molecule has 21 heavy (non-hydrogen) atoms. The lowest BCUT2D eigenvalue weighted by atomic mass is 10.2. The molecule has 2 N–H and O–H groups in total. The molecule has 0 fully saturated rings. The molecule has 0 atom stereocenters. The van der Waals surface area contributed by atoms with Gasteiger partial charge in [0.05, 0.1) is 22.7 Å². The van der Waals surface area contributed by atoms with E-state index in [1.807, 2.05) is 13.0 Å². The fourth-order valence-corrected chi connectivity index (χ4v) is 1.72. The van der Waals surface area contributed by atoms with Crippen molar-refractivity contribution in [3.8, 4) is 0 Å². The Kier molecular flexibility index (Phi) is 4.07. The van der Waals surface area contributed by atoms with Crippen LogP contribution in [0.5, 0.6) is 0 Å². The van der Waals surface area contributed by atoms with Crippen molar-refractivity contribution in [1.29, 1.82) is 0 Å². The van der Waals surface area contributed by atoms with Crippen molar-refractivity contribution in [2.75, 3.05) is 5.32 Å². The molecule has 0 unspecified atom stereocenters. The normalized spacial score (nSPS) is 10.1. The minimum atomic E-state index is -1.27. The second-order valence-corrected chi connectivity index (χ2v) is 4.27. The molecule has 0 saturated carbocycles. The van der Waals surface area contributed by atoms with E-state index in [2.05, 4.69) is 15.3 Å². The topological polar surface area (TPSA) is 118 Å². The number of pyridine rings is 2. The van der Waals surface area contributed by atoms with E-state index in [0.717, 1.165) is 23.5 Å². The third-order valence-electron chi connectivity index (χ3n) is 2.85. The first-order valence-electron chi connectivity index (χ1n) is 6.01. The molecule has 0 aliphatic heterocycles. The van der Waals surface area contributed by atoms with Crippen molar-refractivity contribution in [2.24, 2.45) is 0 Å². The number of nitrogens with zero attached hydrogens (tertiary/aromatic N) is 3. The molecule has 0 aromatic carbocycles. The van der Waals surface area contributed by atoms with Gasteiger partial charge in [0.25, 0.3) is 0 Å². The van der Waals surface area contributed by atoms with Crippen LogP contribution in [0.3, 0.4) is 0 Å². The molecule has 0 radical (unpaired) electrons. The largest absolute Gasteiger partial charge is 0.478 e. The predicted octanol–water partition coefficient (Wildman–Crippen LogP) is 2.00. The number of aromatic nitrogens is 2. The number of carboxylic acids is 1. The standard InChI is InChI=1S/C13H12N4O4/c1-8-3-2-4-14-10(8)7-16-12-11(17(20)21)5-9(6-15-12)13(18)19/h2-6H,7H2,1H3,(H,15,16)(H,18,19). The SMILES string of the molecule is Cc1cccnc1CNc1ncc(C(=O)O)cc1[N+](=O)[O-]. The number of anilines is 1. The van der Waals surface area contributed by atoms with Crippen LogP contribution in [0.4, 0.5) is 11.5 Å². The number of aromatic carboxylic acids is 1. The Balaban J connectivity index is 2.26. The fourth-order valence-electron chi connectivity index (χ4n) is 1.72. The number of nitrogens with one attached hydrogen (secondary N) is 1. The van der Waals surface area contributed by atoms with Crippen LogP contribution in [0.25, 0.3) is 0 Å². The molecule has 0 saturated heterocycles. The molecule has 0 aliphatic rings. The number of nitro groups is 1. The van der Waals surface area contributed by atoms with Gasteiger partial charge in [-0.2, -0.15) is 0 Å². The van der Waals surface area contributed by atoms with Gasteiger partial charge in [0.15, 0.2) is 0 Å². The van der Waals surface area contributed by atoms with Gasteiger partial charge < -0.3 is 10.4 Å². The highest BCUT2D eigenvalue weighted by Crippen LogP contribution is 2.23. The summed E-state index contributed by atoms with van der Waals surface area (Å²) in [5, 5.41) is 22.6. The van der Waals surface area contributed by atoms with Gasteiger partial charge in [-0.15, -0.1) is 0 Å². The molecule has 8 nitrogen and oxygen atoms in total. The summed E-state index contributed by atoms with van der Waals surface area (Å²) in [5.74, 6) is -1.26. The van der Waals surface area contributed by atoms with Crippen LogP contribution >= 0.6 is 0 Å². The van der Waals surface area contributed by atoms with E-state index in [-0.39, 0.29) is 23.6 Å². The molecule has 2 aromatic rings. The van der Waals surface area contributed by atoms with Crippen molar-refractivity contribution in [3.05, 3.63) is 57.5 Å². The van der Waals surface area contributed by atoms with Crippen LogP contribution in [0.15, 0.2) is 30.6 Å². The Morgan fingerprint density at radius 1 is 1.48 bits per heavy atom. The lowest BCUT2D eigenvalue weighted by Gasteiger charge is -2.08. The van der Waals surface area contributed by atoms with Crippen molar-refractivity contribution in [3.63, 3.8) is 0 Å². The van der Waals surface area contributed by atoms with Gasteiger partial charge in [-0.3, -0.25) is 15.1 Å². The third kappa shape index (κ3) is 3.30. The number of rotatable bonds is 5. The molecule has 108 valence electrons. The van der Waals surface area contributed by atoms with E-state index in [0.29, 0.717) is 0 Å². The van der Waals surface area contributed by atoms with Crippen molar-refractivity contribution >= 4 is 17.5 Å². The summed E-state index contributed by atoms with van der Waals surface area (Å²) in [6.07, 6.45) is 2.70. The Bertz CT molecular complexity index is 702. The van der Waals surface area contributed by atoms with Crippen molar-refractivity contribution < 1.29 is 14.8 Å². The van der Waals surface area contributed by atoms with Crippen LogP contribution in [0.1, 0.15) is 21.6 Å². The van der Waals surface area contributed by atoms with E-state index >= 15 is 0 Å². The predicted molar refractivity (Wildman–Crippen MR) is 74.2 cm³/mol. The highest BCUT2D eigenvalue weighted by molar-refractivity contribution is 5.88. The summed E-state index contributed by atoms with van der Waals surface area (Å²) in [7, 11) is 0. The van der Waals surface area contributed by atoms with E-state index in [9.17, 15) is 14.9 Å². The summed E-state index contributed by atoms with van der Waals surface area (Å²) in [4.78, 5) is 29.1. The summed E-state index contributed by atoms with van der Waals surface area (Å²) in [6, 6.07) is 4.64. The van der Waals surface area contributed by atoms with Gasteiger partial charge in [0.1, 0.15) is 0 Å². The van der Waals surface area contributed by atoms with Crippen LogP contribution in [-0.4, -0.2) is 26.0 Å². The summed E-state index contributed by atoms with van der Waals surface area (Å²) >= 11 is 0. The Morgan fingerprint density at radius 2 is 2.24 bits per heavy atom. The zero-order valence-corrected chi connectivity index (χ0v) is 11.1. The summed E-state index contributed by atoms with van der Waals surface area (Å²) in [5.41, 5.74) is 1.05. The van der Waals surface area contributed by atoms with Crippen LogP contribution in [0, 0.1) is 17.0 Å². The highest BCUT2D eigenvalue weighted by atomic mass is 16.6. The molecular formula is C13H12N4O4. The van der Waals surface area contributed by atoms with Crippen LogP contribution in [0.2, 0.25) is 0 Å². The lowest BCUT2D eigenvalue weighted by molar-refractivity contribution is -0.384. The molecule has 0 spiro atoms. The van der Waals surface area contributed by atoms with E-state index < -0.39 is 10.9 Å². The molecule has 2 aromatic heterocycles. The monoisotopic (exact) mass is 288 g/mol. The molecular weight excluding hydrogens is 276 g/mol. The summed E-state index contributed by atoms with van der Waals surface area (Å²) in [6.45, 7) is 2.13. The maximum absolute atomic E-state index is 11.0. The van der Waals surface area contributed by atoms with E-state index in [1.165, 1.54) is 0 Å². The molecule has 0 bridgehead atoms. The number of hydrogen-bond donors (Lipinski definition) is 2. The first kappa shape index (κ1) is 14.4. The molecule has 0 amide bonds. The minimum Gasteiger partial charge on any atom is -0.478 e. The van der Waals surface area contributed by atoms with Gasteiger partial charge >= 0.3 is 11.7 Å². The van der Waals surface area contributed by atoms with Crippen LogP contribution < -0.4 is 5.32 Å². The Labute approximate surface area is 119 Å². The fraction of sp³-hybridized carbons (Fsp3) is 0.154. The van der Waals surface area contributed by atoms with Gasteiger partial charge in [-0.05, 0) is 18.6 Å². The maximum atomic E-state index is 11.0. The number of aryl methyl sites for hydroxylation is 1. The van der Waals surface area contributed by atoms with Crippen LogP contribution in [-0.2, 0) is 6.54 Å². The summed E-state index contributed by atoms with van der Waals surface area (Å²) < 4.78 is 0. The average molecular weight is 288 g/mol. The van der Waals surface area contributed by atoms with Gasteiger partial charge in [0, 0.05) is 18.5 Å². The van der Waals surface area contributed by atoms with Crippen molar-refractivity contribution in [2.45, 2.75) is 13.5 Å². The van der Waals surface area contributed by atoms with E-state index in [4.69, 9.17) is 5.11 Å². The minimum absolute atomic E-state index is 0.00931. The second-order valence-electron chi connectivity index (χ2n) is 4.27. The number of carbonyl (C=O) groups is 1. The Hall–Kier alpha value is -3.03. The first-order chi connectivity index (χ1) is 9.99. The van der Waals surface area contributed by atoms with Gasteiger partial charge in [-0.1, -0.05) is 6.07 Å². The molecule has 2 heterocycles. The van der Waals surface area contributed by atoms with Gasteiger partial charge in [0.2, 0.25) is 5.82 Å². The lowest BCUT2D eigenvalue weighted by Crippen LogP contribution is -2.08. The first-order valence-corrected chi connectivity index (χ1v) is 6.01. The van der Waals surface area contributed by atoms with E-state index in [1.54, 1.807) is 12.3 Å². The van der Waals surface area contributed by atoms with Gasteiger partial charge in [-0.25, -0.2) is 9.78 Å². The molecule has 0 aliphatic carbocycles. The highest BCUT2D eigenvalue weighted by Gasteiger charge is 2.18. The maximum Gasteiger partial charge on any atom is 0.337 e. The average Bonchev–Trinajstić information content (AvgIpc) is 2.46. The molecule has 2 rings (SSSR count). The molecule has 8 heteroatoms. The second kappa shape index (κ2) is 5.95. The number of carboxylic acid groups (broad SMARTS) is 1.